The Balaban J connectivity index is 2.23. The van der Waals surface area contributed by atoms with Gasteiger partial charge in [-0.3, -0.25) is 4.79 Å². The first-order valence-electron chi connectivity index (χ1n) is 8.30. The molecule has 1 amide bonds. The van der Waals surface area contributed by atoms with Gasteiger partial charge >= 0.3 is 0 Å². The maximum absolute atomic E-state index is 11.6. The molecule has 0 radical (unpaired) electrons. The van der Waals surface area contributed by atoms with Gasteiger partial charge in [-0.25, -0.2) is 4.98 Å². The number of likely N-dealkylation sites (N-methyl/N-ethyl adjacent to an activating group) is 1. The Morgan fingerprint density at radius 1 is 1.35 bits per heavy atom. The van der Waals surface area contributed by atoms with Gasteiger partial charge in [0.1, 0.15) is 5.02 Å². The van der Waals surface area contributed by atoms with E-state index in [1.165, 1.54) is 12.3 Å². The minimum atomic E-state index is -0.298. The van der Waals surface area contributed by atoms with Crippen molar-refractivity contribution in [3.05, 3.63) is 48.1 Å². The number of aromatic nitrogens is 2. The summed E-state index contributed by atoms with van der Waals surface area (Å²) in [6.07, 6.45) is 3.67. The quantitative estimate of drug-likeness (QED) is 0.503. The van der Waals surface area contributed by atoms with E-state index in [1.807, 2.05) is 25.2 Å². The van der Waals surface area contributed by atoms with E-state index in [-0.39, 0.29) is 11.9 Å². The number of nitrogens with one attached hydrogen (secondary N) is 4. The largest absolute Gasteiger partial charge is 0.350 e. The summed E-state index contributed by atoms with van der Waals surface area (Å²) in [5, 5.41) is 12.7. The lowest BCUT2D eigenvalue weighted by molar-refractivity contribution is -0.111. The number of anilines is 4. The van der Waals surface area contributed by atoms with Gasteiger partial charge in [-0.1, -0.05) is 37.2 Å². The topological polar surface area (TPSA) is 91.0 Å². The van der Waals surface area contributed by atoms with Crippen LogP contribution in [0.15, 0.2) is 43.1 Å². The summed E-state index contributed by atoms with van der Waals surface area (Å²) < 4.78 is 0. The second-order valence-corrected chi connectivity index (χ2v) is 5.97. The number of nitrogens with zero attached hydrogens (tertiary/aromatic N) is 2. The fourth-order valence-corrected chi connectivity index (χ4v) is 2.40. The van der Waals surface area contributed by atoms with Crippen LogP contribution in [-0.4, -0.2) is 35.5 Å². The van der Waals surface area contributed by atoms with Gasteiger partial charge in [0.15, 0.2) is 5.82 Å². The molecule has 0 fully saturated rings. The third-order valence-electron chi connectivity index (χ3n) is 3.64. The van der Waals surface area contributed by atoms with Gasteiger partial charge in [0.25, 0.3) is 0 Å². The number of carbonyl (C=O) groups excluding carboxylic acids is 1. The molecule has 1 heterocycles. The molecule has 0 bridgehead atoms. The minimum absolute atomic E-state index is 0.202. The smallest absolute Gasteiger partial charge is 0.247 e. The van der Waals surface area contributed by atoms with Crippen molar-refractivity contribution in [1.82, 2.24) is 15.3 Å². The van der Waals surface area contributed by atoms with Gasteiger partial charge in [0.2, 0.25) is 11.9 Å². The molecule has 1 atom stereocenters. The first-order valence-corrected chi connectivity index (χ1v) is 8.68. The van der Waals surface area contributed by atoms with Crippen molar-refractivity contribution in [2.75, 3.05) is 29.5 Å². The van der Waals surface area contributed by atoms with Gasteiger partial charge < -0.3 is 21.3 Å². The summed E-state index contributed by atoms with van der Waals surface area (Å²) in [5.41, 5.74) is 1.26. The highest BCUT2D eigenvalue weighted by Gasteiger charge is 2.12. The van der Waals surface area contributed by atoms with Crippen molar-refractivity contribution in [1.29, 1.82) is 0 Å². The third-order valence-corrected chi connectivity index (χ3v) is 3.92. The predicted octanol–water partition coefficient (Wildman–Crippen LogP) is 3.41. The number of benzene rings is 1. The van der Waals surface area contributed by atoms with Crippen LogP contribution in [0.2, 0.25) is 5.02 Å². The van der Waals surface area contributed by atoms with Gasteiger partial charge in [-0.05, 0) is 31.7 Å². The van der Waals surface area contributed by atoms with E-state index in [0.29, 0.717) is 28.2 Å². The summed E-state index contributed by atoms with van der Waals surface area (Å²) >= 11 is 6.23. The summed E-state index contributed by atoms with van der Waals surface area (Å²) in [7, 11) is 1.90. The Labute approximate surface area is 158 Å². The zero-order chi connectivity index (χ0) is 18.9. The highest BCUT2D eigenvalue weighted by atomic mass is 35.5. The molecule has 0 saturated heterocycles. The molecule has 4 N–H and O–H groups in total. The summed E-state index contributed by atoms with van der Waals surface area (Å²) in [4.78, 5) is 20.3. The van der Waals surface area contributed by atoms with Crippen LogP contribution in [-0.2, 0) is 4.79 Å². The molecule has 0 aliphatic rings. The monoisotopic (exact) mass is 374 g/mol. The van der Waals surface area contributed by atoms with Crippen LogP contribution >= 0.6 is 11.6 Å². The number of amides is 1. The molecule has 1 unspecified atom stereocenters. The number of rotatable bonds is 9. The average molecular weight is 375 g/mol. The van der Waals surface area contributed by atoms with Crippen molar-refractivity contribution in [2.24, 2.45) is 0 Å². The lowest BCUT2D eigenvalue weighted by atomic mass is 10.2. The fourth-order valence-electron chi connectivity index (χ4n) is 2.26. The van der Waals surface area contributed by atoms with E-state index < -0.39 is 0 Å². The van der Waals surface area contributed by atoms with Crippen molar-refractivity contribution < 1.29 is 4.79 Å². The van der Waals surface area contributed by atoms with Crippen LogP contribution in [0.3, 0.4) is 0 Å². The van der Waals surface area contributed by atoms with Crippen molar-refractivity contribution in [3.8, 4) is 0 Å². The Morgan fingerprint density at radius 3 is 2.73 bits per heavy atom. The van der Waals surface area contributed by atoms with Crippen molar-refractivity contribution in [2.45, 2.75) is 19.4 Å². The van der Waals surface area contributed by atoms with E-state index in [4.69, 9.17) is 11.6 Å². The Kier molecular flexibility index (Phi) is 7.37. The van der Waals surface area contributed by atoms with E-state index in [1.54, 1.807) is 6.07 Å². The molecule has 0 aliphatic heterocycles. The summed E-state index contributed by atoms with van der Waals surface area (Å²) in [6, 6.07) is 7.47. The maximum Gasteiger partial charge on any atom is 0.247 e. The van der Waals surface area contributed by atoms with Crippen LogP contribution in [0.4, 0.5) is 23.1 Å². The van der Waals surface area contributed by atoms with Crippen LogP contribution < -0.4 is 21.3 Å². The maximum atomic E-state index is 11.6. The predicted molar refractivity (Wildman–Crippen MR) is 107 cm³/mol. The second-order valence-electron chi connectivity index (χ2n) is 5.56. The third kappa shape index (κ3) is 5.44. The van der Waals surface area contributed by atoms with E-state index in [2.05, 4.69) is 44.7 Å². The van der Waals surface area contributed by atoms with E-state index >= 15 is 0 Å². The molecule has 0 aliphatic carbocycles. The molecular formula is C18H23ClN6O. The Hall–Kier alpha value is -2.64. The van der Waals surface area contributed by atoms with Crippen molar-refractivity contribution >= 4 is 40.6 Å². The number of hydrogen-bond acceptors (Lipinski definition) is 6. The first kappa shape index (κ1) is 19.7. The molecule has 2 rings (SSSR count). The van der Waals surface area contributed by atoms with Gasteiger partial charge in [-0.15, -0.1) is 0 Å². The lowest BCUT2D eigenvalue weighted by Crippen LogP contribution is -2.31. The van der Waals surface area contributed by atoms with Crippen molar-refractivity contribution in [3.63, 3.8) is 0 Å². The number of carbonyl (C=O) groups is 1. The lowest BCUT2D eigenvalue weighted by Gasteiger charge is -2.17. The normalized spacial score (nSPS) is 11.5. The average Bonchev–Trinajstić information content (AvgIpc) is 2.65. The van der Waals surface area contributed by atoms with Crippen LogP contribution in [0.25, 0.3) is 0 Å². The molecule has 0 saturated carbocycles. The van der Waals surface area contributed by atoms with E-state index in [0.717, 1.165) is 13.0 Å². The number of halogens is 1. The van der Waals surface area contributed by atoms with Gasteiger partial charge in [0, 0.05) is 12.6 Å². The van der Waals surface area contributed by atoms with Gasteiger partial charge in [-0.2, -0.15) is 4.98 Å². The molecule has 7 nitrogen and oxygen atoms in total. The standard InChI is InChI=1S/C18H23ClN6O/c1-4-12(10-20-3)22-18-21-11-13(19)17(25-18)24-15-9-7-6-8-14(15)23-16(26)5-2/h5-9,11-12,20H,2,4,10H2,1,3H3,(H,23,26)(H2,21,22,24,25). The Bertz CT molecular complexity index is 767. The van der Waals surface area contributed by atoms with Crippen LogP contribution in [0.1, 0.15) is 13.3 Å². The molecule has 26 heavy (non-hydrogen) atoms. The number of para-hydroxylation sites is 2. The Morgan fingerprint density at radius 2 is 2.08 bits per heavy atom. The molecule has 2 aromatic rings. The summed E-state index contributed by atoms with van der Waals surface area (Å²) in [5.74, 6) is 0.628. The fraction of sp³-hybridized carbons (Fsp3) is 0.278. The minimum Gasteiger partial charge on any atom is -0.350 e. The molecule has 138 valence electrons. The summed E-state index contributed by atoms with van der Waals surface area (Å²) in [6.45, 7) is 6.34. The zero-order valence-electron chi connectivity index (χ0n) is 14.8. The molecule has 1 aromatic carbocycles. The zero-order valence-corrected chi connectivity index (χ0v) is 15.6. The molecule has 1 aromatic heterocycles. The SMILES string of the molecule is C=CC(=O)Nc1ccccc1Nc1nc(NC(CC)CNC)ncc1Cl. The highest BCUT2D eigenvalue weighted by Crippen LogP contribution is 2.28. The highest BCUT2D eigenvalue weighted by molar-refractivity contribution is 6.33. The second kappa shape index (κ2) is 9.74. The number of hydrogen-bond donors (Lipinski definition) is 4. The van der Waals surface area contributed by atoms with E-state index in [9.17, 15) is 4.79 Å². The molecule has 0 spiro atoms. The molecular weight excluding hydrogens is 352 g/mol. The molecule has 8 heteroatoms. The first-order chi connectivity index (χ1) is 12.6. The van der Waals surface area contributed by atoms with Gasteiger partial charge in [0.05, 0.1) is 17.6 Å². The van der Waals surface area contributed by atoms with Crippen LogP contribution in [0, 0.1) is 0 Å². The van der Waals surface area contributed by atoms with Crippen LogP contribution in [0.5, 0.6) is 0 Å².